The van der Waals surface area contributed by atoms with Crippen LogP contribution in [0, 0.1) is 5.92 Å². The first-order valence-electron chi connectivity index (χ1n) is 10.8. The van der Waals surface area contributed by atoms with Crippen LogP contribution in [0.3, 0.4) is 0 Å². The Morgan fingerprint density at radius 3 is 2.69 bits per heavy atom. The van der Waals surface area contributed by atoms with Crippen LogP contribution in [0.1, 0.15) is 48.2 Å². The number of carbonyl (C=O) groups is 1. The zero-order chi connectivity index (χ0) is 20.1. The first-order valence-corrected chi connectivity index (χ1v) is 10.8. The van der Waals surface area contributed by atoms with Crippen LogP contribution < -0.4 is 0 Å². The molecule has 1 unspecified atom stereocenters. The second-order valence-electron chi connectivity index (χ2n) is 8.51. The van der Waals surface area contributed by atoms with Crippen molar-refractivity contribution in [2.24, 2.45) is 13.0 Å². The molecule has 2 aliphatic heterocycles. The third kappa shape index (κ3) is 4.90. The van der Waals surface area contributed by atoms with Crippen LogP contribution in [0.4, 0.5) is 0 Å². The molecule has 0 aliphatic carbocycles. The van der Waals surface area contributed by atoms with Gasteiger partial charge in [0, 0.05) is 39.5 Å². The largest absolute Gasteiger partial charge is 0.377 e. The van der Waals surface area contributed by atoms with Gasteiger partial charge in [-0.05, 0) is 55.7 Å². The number of aromatic nitrogens is 1. The number of nitrogens with zero attached hydrogens (tertiary/aromatic N) is 2. The highest BCUT2D eigenvalue weighted by atomic mass is 16.5. The number of hydrogen-bond donors (Lipinski definition) is 0. The minimum absolute atomic E-state index is 0.0483. The molecule has 2 fully saturated rings. The van der Waals surface area contributed by atoms with Gasteiger partial charge in [0.05, 0.1) is 12.2 Å². The van der Waals surface area contributed by atoms with E-state index in [1.54, 1.807) is 0 Å². The van der Waals surface area contributed by atoms with Crippen molar-refractivity contribution in [3.63, 3.8) is 0 Å². The Morgan fingerprint density at radius 1 is 1.17 bits per heavy atom. The third-order valence-corrected chi connectivity index (χ3v) is 6.50. The van der Waals surface area contributed by atoms with E-state index in [9.17, 15) is 4.79 Å². The van der Waals surface area contributed by atoms with E-state index >= 15 is 0 Å². The molecule has 1 aromatic carbocycles. The molecule has 29 heavy (non-hydrogen) atoms. The van der Waals surface area contributed by atoms with E-state index in [4.69, 9.17) is 9.47 Å². The summed E-state index contributed by atoms with van der Waals surface area (Å²) in [5.74, 6) is 0.781. The molecule has 4 rings (SSSR count). The zero-order valence-electron chi connectivity index (χ0n) is 17.4. The normalized spacial score (nSPS) is 21.4. The molecule has 5 heteroatoms. The molecule has 2 aliphatic rings. The third-order valence-electron chi connectivity index (χ3n) is 6.50. The molecular weight excluding hydrogens is 364 g/mol. The average Bonchev–Trinajstić information content (AvgIpc) is 3.18. The van der Waals surface area contributed by atoms with Gasteiger partial charge in [0.25, 0.3) is 5.91 Å². The minimum Gasteiger partial charge on any atom is -0.377 e. The van der Waals surface area contributed by atoms with Crippen LogP contribution in [0.2, 0.25) is 0 Å². The number of piperidine rings is 1. The monoisotopic (exact) mass is 396 g/mol. The van der Waals surface area contributed by atoms with Gasteiger partial charge in [-0.2, -0.15) is 0 Å². The molecule has 3 heterocycles. The summed E-state index contributed by atoms with van der Waals surface area (Å²) in [4.78, 5) is 14.7. The Morgan fingerprint density at radius 2 is 1.97 bits per heavy atom. The van der Waals surface area contributed by atoms with Gasteiger partial charge in [0.15, 0.2) is 0 Å². The predicted octanol–water partition coefficient (Wildman–Crippen LogP) is 4.03. The maximum Gasteiger partial charge on any atom is 0.270 e. The van der Waals surface area contributed by atoms with E-state index in [1.807, 2.05) is 40.9 Å². The van der Waals surface area contributed by atoms with Crippen molar-refractivity contribution in [2.75, 3.05) is 26.3 Å². The van der Waals surface area contributed by atoms with Gasteiger partial charge in [-0.1, -0.05) is 30.3 Å². The molecule has 0 radical (unpaired) electrons. The molecule has 156 valence electrons. The molecule has 2 saturated heterocycles. The zero-order valence-corrected chi connectivity index (χ0v) is 17.4. The SMILES string of the molecule is Cn1cccc1C(=O)N1CCC2(CC1)CC(CCOCc1ccccc1)CCO2. The maximum atomic E-state index is 12.8. The molecule has 2 aromatic rings. The van der Waals surface area contributed by atoms with Crippen LogP contribution in [-0.2, 0) is 23.1 Å². The summed E-state index contributed by atoms with van der Waals surface area (Å²) < 4.78 is 14.1. The van der Waals surface area contributed by atoms with E-state index in [1.165, 1.54) is 5.56 Å². The summed E-state index contributed by atoms with van der Waals surface area (Å²) in [6.45, 7) is 3.87. The highest BCUT2D eigenvalue weighted by Gasteiger charge is 2.41. The van der Waals surface area contributed by atoms with Crippen LogP contribution in [0.15, 0.2) is 48.7 Å². The van der Waals surface area contributed by atoms with Gasteiger partial charge in [0.1, 0.15) is 5.69 Å². The first kappa shape index (κ1) is 20.2. The Bertz CT molecular complexity index is 793. The van der Waals surface area contributed by atoms with Crippen molar-refractivity contribution in [2.45, 2.75) is 44.3 Å². The summed E-state index contributed by atoms with van der Waals surface area (Å²) in [6, 6.07) is 14.2. The molecule has 0 saturated carbocycles. The number of ether oxygens (including phenoxy) is 2. The smallest absolute Gasteiger partial charge is 0.270 e. The van der Waals surface area contributed by atoms with Crippen molar-refractivity contribution in [1.29, 1.82) is 0 Å². The Labute approximate surface area is 173 Å². The summed E-state index contributed by atoms with van der Waals surface area (Å²) >= 11 is 0. The van der Waals surface area contributed by atoms with E-state index in [0.29, 0.717) is 12.5 Å². The lowest BCUT2D eigenvalue weighted by molar-refractivity contribution is -0.126. The Kier molecular flexibility index (Phi) is 6.36. The fourth-order valence-electron chi connectivity index (χ4n) is 4.70. The fraction of sp³-hybridized carbons (Fsp3) is 0.542. The van der Waals surface area contributed by atoms with Gasteiger partial charge in [-0.3, -0.25) is 4.79 Å². The van der Waals surface area contributed by atoms with Crippen molar-refractivity contribution < 1.29 is 14.3 Å². The Hall–Kier alpha value is -2.11. The lowest BCUT2D eigenvalue weighted by Gasteiger charge is -2.46. The number of carbonyl (C=O) groups excluding carboxylic acids is 1. The topological polar surface area (TPSA) is 43.7 Å². The van der Waals surface area contributed by atoms with E-state index in [2.05, 4.69) is 24.3 Å². The lowest BCUT2D eigenvalue weighted by Crippen LogP contribution is -2.51. The second kappa shape index (κ2) is 9.14. The predicted molar refractivity (Wildman–Crippen MR) is 113 cm³/mol. The van der Waals surface area contributed by atoms with Crippen LogP contribution in [-0.4, -0.2) is 47.3 Å². The number of amides is 1. The van der Waals surface area contributed by atoms with Crippen molar-refractivity contribution in [1.82, 2.24) is 9.47 Å². The summed E-state index contributed by atoms with van der Waals surface area (Å²) in [7, 11) is 1.92. The molecule has 1 atom stereocenters. The lowest BCUT2D eigenvalue weighted by atomic mass is 9.78. The minimum atomic E-state index is -0.0483. The average molecular weight is 397 g/mol. The van der Waals surface area contributed by atoms with Crippen LogP contribution >= 0.6 is 0 Å². The number of aryl methyl sites for hydroxylation is 1. The number of benzene rings is 1. The van der Waals surface area contributed by atoms with E-state index < -0.39 is 0 Å². The highest BCUT2D eigenvalue weighted by molar-refractivity contribution is 5.92. The molecule has 0 bridgehead atoms. The van der Waals surface area contributed by atoms with Crippen LogP contribution in [0.5, 0.6) is 0 Å². The van der Waals surface area contributed by atoms with Gasteiger partial charge in [-0.25, -0.2) is 0 Å². The molecule has 1 amide bonds. The number of hydrogen-bond acceptors (Lipinski definition) is 3. The van der Waals surface area contributed by atoms with Gasteiger partial charge in [0.2, 0.25) is 0 Å². The summed E-state index contributed by atoms with van der Waals surface area (Å²) in [6.07, 6.45) is 7.09. The van der Waals surface area contributed by atoms with Gasteiger partial charge < -0.3 is 18.9 Å². The molecule has 0 N–H and O–H groups in total. The number of rotatable bonds is 6. The van der Waals surface area contributed by atoms with Gasteiger partial charge >= 0.3 is 0 Å². The molecule has 5 nitrogen and oxygen atoms in total. The van der Waals surface area contributed by atoms with Gasteiger partial charge in [-0.15, -0.1) is 0 Å². The number of likely N-dealkylation sites (tertiary alicyclic amines) is 1. The first-order chi connectivity index (χ1) is 14.2. The summed E-state index contributed by atoms with van der Waals surface area (Å²) in [5.41, 5.74) is 1.94. The highest BCUT2D eigenvalue weighted by Crippen LogP contribution is 2.39. The van der Waals surface area contributed by atoms with Crippen molar-refractivity contribution in [3.05, 3.63) is 59.9 Å². The van der Waals surface area contributed by atoms with Crippen molar-refractivity contribution >= 4 is 5.91 Å². The molecular formula is C24H32N2O3. The quantitative estimate of drug-likeness (QED) is 0.693. The molecule has 1 spiro atoms. The molecule has 1 aromatic heterocycles. The standard InChI is InChI=1S/C24H32N2O3/c1-25-13-5-8-22(25)23(27)26-14-11-24(12-15-26)18-20(10-17-29-24)9-16-28-19-21-6-3-2-4-7-21/h2-8,13,20H,9-12,14-19H2,1H3. The fourth-order valence-corrected chi connectivity index (χ4v) is 4.70. The summed E-state index contributed by atoms with van der Waals surface area (Å²) in [5, 5.41) is 0. The van der Waals surface area contributed by atoms with Crippen molar-refractivity contribution in [3.8, 4) is 0 Å². The second-order valence-corrected chi connectivity index (χ2v) is 8.51. The van der Waals surface area contributed by atoms with E-state index in [-0.39, 0.29) is 11.5 Å². The maximum absolute atomic E-state index is 12.8. The van der Waals surface area contributed by atoms with Crippen LogP contribution in [0.25, 0.3) is 0 Å². The van der Waals surface area contributed by atoms with E-state index in [0.717, 1.165) is 64.1 Å². The Balaban J connectivity index is 1.23.